The summed E-state index contributed by atoms with van der Waals surface area (Å²) in [6.45, 7) is 11.2. The number of hydrogen-bond acceptors (Lipinski definition) is 8. The number of aromatic nitrogens is 6. The largest absolute Gasteiger partial charge is 0.438 e. The van der Waals surface area contributed by atoms with Gasteiger partial charge in [0.25, 0.3) is 0 Å². The van der Waals surface area contributed by atoms with E-state index in [0.29, 0.717) is 23.1 Å². The van der Waals surface area contributed by atoms with E-state index in [0.717, 1.165) is 56.1 Å². The lowest BCUT2D eigenvalue weighted by Gasteiger charge is -2.26. The number of ether oxygens (including phenoxy) is 2. The highest BCUT2D eigenvalue weighted by atomic mass is 16.5. The van der Waals surface area contributed by atoms with Crippen molar-refractivity contribution in [3.63, 3.8) is 0 Å². The van der Waals surface area contributed by atoms with Crippen molar-refractivity contribution in [1.29, 1.82) is 0 Å². The van der Waals surface area contributed by atoms with Crippen LogP contribution in [0.15, 0.2) is 42.9 Å². The van der Waals surface area contributed by atoms with Gasteiger partial charge in [-0.3, -0.25) is 15.3 Å². The van der Waals surface area contributed by atoms with Crippen molar-refractivity contribution in [3.8, 4) is 11.6 Å². The predicted octanol–water partition coefficient (Wildman–Crippen LogP) is 3.62. The maximum atomic E-state index is 12.4. The van der Waals surface area contributed by atoms with Crippen LogP contribution in [0.2, 0.25) is 0 Å². The Morgan fingerprint density at radius 3 is 2.62 bits per heavy atom. The summed E-state index contributed by atoms with van der Waals surface area (Å²) in [5, 5.41) is 17.8. The van der Waals surface area contributed by atoms with Crippen molar-refractivity contribution in [1.82, 2.24) is 34.8 Å². The Bertz CT molecular complexity index is 1350. The predicted molar refractivity (Wildman–Crippen MR) is 139 cm³/mol. The number of carbonyl (C=O) groups is 1. The monoisotopic (exact) mass is 505 g/mol. The van der Waals surface area contributed by atoms with Crippen LogP contribution in [0.3, 0.4) is 0 Å². The van der Waals surface area contributed by atoms with Crippen LogP contribution in [0.1, 0.15) is 26.5 Å². The molecule has 12 nitrogen and oxygen atoms in total. The molecule has 0 aliphatic carbocycles. The molecule has 1 saturated heterocycles. The van der Waals surface area contributed by atoms with Gasteiger partial charge in [0.05, 0.1) is 26.0 Å². The number of H-pyrrole nitrogens is 1. The molecule has 4 aromatic rings. The summed E-state index contributed by atoms with van der Waals surface area (Å²) in [5.41, 5.74) is 2.18. The first-order valence-corrected chi connectivity index (χ1v) is 12.2. The quantitative estimate of drug-likeness (QED) is 0.347. The third-order valence-electron chi connectivity index (χ3n) is 6.08. The van der Waals surface area contributed by atoms with E-state index < -0.39 is 0 Å². The fourth-order valence-electron chi connectivity index (χ4n) is 3.94. The van der Waals surface area contributed by atoms with Crippen molar-refractivity contribution in [3.05, 3.63) is 48.5 Å². The first-order valence-electron chi connectivity index (χ1n) is 12.2. The topological polar surface area (TPSA) is 135 Å². The SMILES string of the molecule is CC(C)(C)c1cc(NC(=O)Nc2ccc(Oc3ncnc4c3cnn4CCN3CCOCC3)cc2)n[nH]1. The van der Waals surface area contributed by atoms with E-state index in [-0.39, 0.29) is 11.4 Å². The molecule has 4 heterocycles. The number of anilines is 2. The first kappa shape index (κ1) is 24.7. The number of amides is 2. The van der Waals surface area contributed by atoms with Gasteiger partial charge >= 0.3 is 6.03 Å². The summed E-state index contributed by atoms with van der Waals surface area (Å²) >= 11 is 0. The molecule has 0 atom stereocenters. The number of rotatable bonds is 7. The van der Waals surface area contributed by atoms with Crippen molar-refractivity contribution >= 4 is 28.6 Å². The second-order valence-electron chi connectivity index (χ2n) is 9.86. The fraction of sp³-hybridized carbons (Fsp3) is 0.400. The average molecular weight is 506 g/mol. The molecular formula is C25H31N9O3. The van der Waals surface area contributed by atoms with E-state index in [1.807, 2.05) is 10.7 Å². The normalized spacial score (nSPS) is 14.6. The summed E-state index contributed by atoms with van der Waals surface area (Å²) in [6, 6.07) is 8.47. The van der Waals surface area contributed by atoms with E-state index in [1.54, 1.807) is 30.5 Å². The molecule has 3 N–H and O–H groups in total. The Labute approximate surface area is 214 Å². The van der Waals surface area contributed by atoms with Gasteiger partial charge in [-0.05, 0) is 24.3 Å². The standard InChI is InChI=1S/C25H31N9O3/c1-25(2,3)20-14-21(32-31-20)30-24(35)29-17-4-6-18(7-5-17)37-23-19-15-28-34(22(19)26-16-27-23)9-8-33-10-12-36-13-11-33/h4-7,14-16H,8-13H2,1-3H3,(H3,29,30,31,32,35). The lowest BCUT2D eigenvalue weighted by Crippen LogP contribution is -2.38. The van der Waals surface area contributed by atoms with Crippen LogP contribution in [-0.2, 0) is 16.7 Å². The van der Waals surface area contributed by atoms with Crippen LogP contribution in [0.25, 0.3) is 11.0 Å². The fourth-order valence-corrected chi connectivity index (χ4v) is 3.94. The van der Waals surface area contributed by atoms with Gasteiger partial charge in [0, 0.05) is 42.5 Å². The van der Waals surface area contributed by atoms with Gasteiger partial charge in [-0.1, -0.05) is 20.8 Å². The molecule has 0 unspecified atom stereocenters. The molecule has 2 amide bonds. The molecule has 194 valence electrons. The number of aromatic amines is 1. The van der Waals surface area contributed by atoms with E-state index >= 15 is 0 Å². The molecule has 1 aliphatic heterocycles. The van der Waals surface area contributed by atoms with Gasteiger partial charge in [-0.25, -0.2) is 19.4 Å². The van der Waals surface area contributed by atoms with Crippen LogP contribution in [0, 0.1) is 0 Å². The van der Waals surface area contributed by atoms with Crippen molar-refractivity contribution in [2.45, 2.75) is 32.7 Å². The Morgan fingerprint density at radius 1 is 1.11 bits per heavy atom. The van der Waals surface area contributed by atoms with Crippen LogP contribution in [0.5, 0.6) is 11.6 Å². The maximum Gasteiger partial charge on any atom is 0.324 e. The van der Waals surface area contributed by atoms with Crippen LogP contribution in [-0.4, -0.2) is 73.7 Å². The number of carbonyl (C=O) groups excluding carboxylic acids is 1. The molecule has 37 heavy (non-hydrogen) atoms. The van der Waals surface area contributed by atoms with Gasteiger partial charge in [-0.15, -0.1) is 0 Å². The number of morpholine rings is 1. The summed E-state index contributed by atoms with van der Waals surface area (Å²) in [6.07, 6.45) is 3.20. The zero-order valence-electron chi connectivity index (χ0n) is 21.2. The molecule has 0 spiro atoms. The van der Waals surface area contributed by atoms with Crippen molar-refractivity contribution in [2.24, 2.45) is 0 Å². The first-order chi connectivity index (χ1) is 17.8. The summed E-state index contributed by atoms with van der Waals surface area (Å²) in [4.78, 5) is 23.4. The van der Waals surface area contributed by atoms with Crippen molar-refractivity contribution in [2.75, 3.05) is 43.5 Å². The number of nitrogens with zero attached hydrogens (tertiary/aromatic N) is 6. The molecule has 1 aliphatic rings. The second-order valence-corrected chi connectivity index (χ2v) is 9.86. The van der Waals surface area contributed by atoms with Crippen LogP contribution >= 0.6 is 0 Å². The molecule has 5 rings (SSSR count). The lowest BCUT2D eigenvalue weighted by atomic mass is 9.92. The van der Waals surface area contributed by atoms with Gasteiger partial charge in [0.1, 0.15) is 17.5 Å². The molecule has 12 heteroatoms. The minimum atomic E-state index is -0.386. The average Bonchev–Trinajstić information content (AvgIpc) is 3.52. The van der Waals surface area contributed by atoms with Gasteiger partial charge in [0.15, 0.2) is 11.5 Å². The highest BCUT2D eigenvalue weighted by Crippen LogP contribution is 2.27. The van der Waals surface area contributed by atoms with Crippen LogP contribution in [0.4, 0.5) is 16.3 Å². The Hall–Kier alpha value is -4.03. The highest BCUT2D eigenvalue weighted by molar-refractivity contribution is 5.99. The number of fused-ring (bicyclic) bond motifs is 1. The van der Waals surface area contributed by atoms with Gasteiger partial charge < -0.3 is 14.8 Å². The second kappa shape index (κ2) is 10.5. The van der Waals surface area contributed by atoms with Gasteiger partial charge in [-0.2, -0.15) is 10.2 Å². The minimum absolute atomic E-state index is 0.0872. The molecule has 0 radical (unpaired) electrons. The molecule has 3 aromatic heterocycles. The maximum absolute atomic E-state index is 12.4. The molecule has 1 fully saturated rings. The zero-order valence-corrected chi connectivity index (χ0v) is 21.2. The Morgan fingerprint density at radius 2 is 1.89 bits per heavy atom. The van der Waals surface area contributed by atoms with E-state index in [1.165, 1.54) is 6.33 Å². The van der Waals surface area contributed by atoms with E-state index in [9.17, 15) is 4.79 Å². The van der Waals surface area contributed by atoms with E-state index in [2.05, 4.69) is 61.6 Å². The molecule has 0 saturated carbocycles. The van der Waals surface area contributed by atoms with Crippen molar-refractivity contribution < 1.29 is 14.3 Å². The third-order valence-corrected chi connectivity index (χ3v) is 6.08. The minimum Gasteiger partial charge on any atom is -0.438 e. The lowest BCUT2D eigenvalue weighted by molar-refractivity contribution is 0.0361. The molecule has 0 bridgehead atoms. The summed E-state index contributed by atoms with van der Waals surface area (Å²) in [5.74, 6) is 1.46. The number of nitrogens with one attached hydrogen (secondary N) is 3. The zero-order chi connectivity index (χ0) is 25.8. The molecule has 1 aromatic carbocycles. The number of hydrogen-bond donors (Lipinski definition) is 3. The van der Waals surface area contributed by atoms with Gasteiger partial charge in [0.2, 0.25) is 5.88 Å². The third kappa shape index (κ3) is 6.04. The summed E-state index contributed by atoms with van der Waals surface area (Å²) < 4.78 is 13.3. The molecular weight excluding hydrogens is 474 g/mol. The number of urea groups is 1. The summed E-state index contributed by atoms with van der Waals surface area (Å²) in [7, 11) is 0. The highest BCUT2D eigenvalue weighted by Gasteiger charge is 2.18. The smallest absolute Gasteiger partial charge is 0.324 e. The van der Waals surface area contributed by atoms with E-state index in [4.69, 9.17) is 9.47 Å². The Kier molecular flexibility index (Phi) is 7.01. The Balaban J connectivity index is 1.19. The van der Waals surface area contributed by atoms with Crippen LogP contribution < -0.4 is 15.4 Å². The number of benzene rings is 1.